The van der Waals surface area contributed by atoms with Gasteiger partial charge in [-0.05, 0) is 30.5 Å². The SMILES string of the molecule is Clc1ccc(C2CN(C3CC3)CCN2)cc1. The number of hydrogen-bond donors (Lipinski definition) is 1. The molecule has 1 heterocycles. The molecule has 2 aliphatic rings. The summed E-state index contributed by atoms with van der Waals surface area (Å²) < 4.78 is 0. The molecule has 1 aliphatic carbocycles. The predicted molar refractivity (Wildman–Crippen MR) is 66.8 cm³/mol. The molecule has 3 heteroatoms. The first-order valence-corrected chi connectivity index (χ1v) is 6.43. The zero-order chi connectivity index (χ0) is 11.0. The Morgan fingerprint density at radius 1 is 1.19 bits per heavy atom. The van der Waals surface area contributed by atoms with Crippen LogP contribution in [0.1, 0.15) is 24.4 Å². The van der Waals surface area contributed by atoms with E-state index in [9.17, 15) is 0 Å². The summed E-state index contributed by atoms with van der Waals surface area (Å²) in [6.45, 7) is 3.45. The van der Waals surface area contributed by atoms with Crippen LogP contribution in [0.5, 0.6) is 0 Å². The summed E-state index contributed by atoms with van der Waals surface area (Å²) in [5.41, 5.74) is 1.36. The van der Waals surface area contributed by atoms with E-state index in [-0.39, 0.29) is 0 Å². The highest BCUT2D eigenvalue weighted by molar-refractivity contribution is 6.30. The van der Waals surface area contributed by atoms with Crippen LogP contribution in [0.3, 0.4) is 0 Å². The Morgan fingerprint density at radius 2 is 1.94 bits per heavy atom. The Hall–Kier alpha value is -0.570. The molecule has 2 fully saturated rings. The van der Waals surface area contributed by atoms with Gasteiger partial charge in [0.15, 0.2) is 0 Å². The van der Waals surface area contributed by atoms with Gasteiger partial charge in [-0.1, -0.05) is 23.7 Å². The van der Waals surface area contributed by atoms with Crippen molar-refractivity contribution in [1.29, 1.82) is 0 Å². The van der Waals surface area contributed by atoms with Crippen LogP contribution in [0.25, 0.3) is 0 Å². The molecular formula is C13H17ClN2. The third-order valence-corrected chi connectivity index (χ3v) is 3.79. The summed E-state index contributed by atoms with van der Waals surface area (Å²) in [5.74, 6) is 0. The molecule has 1 atom stereocenters. The molecule has 3 rings (SSSR count). The summed E-state index contributed by atoms with van der Waals surface area (Å²) >= 11 is 5.91. The third-order valence-electron chi connectivity index (χ3n) is 3.54. The number of rotatable bonds is 2. The fraction of sp³-hybridized carbons (Fsp3) is 0.538. The van der Waals surface area contributed by atoms with E-state index in [1.54, 1.807) is 0 Å². The maximum Gasteiger partial charge on any atom is 0.0449 e. The van der Waals surface area contributed by atoms with E-state index in [1.165, 1.54) is 24.9 Å². The number of nitrogens with one attached hydrogen (secondary N) is 1. The second-order valence-corrected chi connectivity index (χ2v) is 5.22. The zero-order valence-corrected chi connectivity index (χ0v) is 10.1. The van der Waals surface area contributed by atoms with Crippen molar-refractivity contribution >= 4 is 11.6 Å². The van der Waals surface area contributed by atoms with Crippen LogP contribution >= 0.6 is 11.6 Å². The van der Waals surface area contributed by atoms with Gasteiger partial charge in [0.25, 0.3) is 0 Å². The maximum atomic E-state index is 5.91. The standard InChI is InChI=1S/C13H17ClN2/c14-11-3-1-10(2-4-11)13-9-16(8-7-15-13)12-5-6-12/h1-4,12-13,15H,5-9H2. The molecule has 2 nitrogen and oxygen atoms in total. The molecule has 0 aromatic heterocycles. The minimum absolute atomic E-state index is 0.478. The van der Waals surface area contributed by atoms with Gasteiger partial charge in [0.05, 0.1) is 0 Å². The van der Waals surface area contributed by atoms with Gasteiger partial charge < -0.3 is 5.32 Å². The van der Waals surface area contributed by atoms with Crippen molar-refractivity contribution < 1.29 is 0 Å². The van der Waals surface area contributed by atoms with Crippen LogP contribution in [0, 0.1) is 0 Å². The van der Waals surface area contributed by atoms with Crippen LogP contribution < -0.4 is 5.32 Å². The molecule has 1 unspecified atom stereocenters. The Kier molecular flexibility index (Phi) is 2.88. The van der Waals surface area contributed by atoms with Crippen LogP contribution in [0.15, 0.2) is 24.3 Å². The Balaban J connectivity index is 1.71. The molecule has 1 saturated carbocycles. The van der Waals surface area contributed by atoms with Gasteiger partial charge in [-0.2, -0.15) is 0 Å². The largest absolute Gasteiger partial charge is 0.308 e. The van der Waals surface area contributed by atoms with Crippen molar-refractivity contribution in [3.05, 3.63) is 34.9 Å². The maximum absolute atomic E-state index is 5.91. The van der Waals surface area contributed by atoms with Gasteiger partial charge in [0.1, 0.15) is 0 Å². The van der Waals surface area contributed by atoms with Gasteiger partial charge in [-0.25, -0.2) is 0 Å². The lowest BCUT2D eigenvalue weighted by molar-refractivity contribution is 0.192. The molecule has 0 bridgehead atoms. The fourth-order valence-corrected chi connectivity index (χ4v) is 2.59. The molecule has 1 saturated heterocycles. The Morgan fingerprint density at radius 3 is 2.62 bits per heavy atom. The molecule has 0 amide bonds. The van der Waals surface area contributed by atoms with Crippen molar-refractivity contribution in [3.63, 3.8) is 0 Å². The number of halogens is 1. The van der Waals surface area contributed by atoms with E-state index in [4.69, 9.17) is 11.6 Å². The average molecular weight is 237 g/mol. The lowest BCUT2D eigenvalue weighted by Crippen LogP contribution is -2.46. The molecule has 1 aromatic carbocycles. The first kappa shape index (κ1) is 10.6. The average Bonchev–Trinajstić information content (AvgIpc) is 3.14. The van der Waals surface area contributed by atoms with Gasteiger partial charge in [-0.15, -0.1) is 0 Å². The molecule has 0 radical (unpaired) electrons. The minimum atomic E-state index is 0.478. The summed E-state index contributed by atoms with van der Waals surface area (Å²) in [6, 6.07) is 9.58. The first-order valence-electron chi connectivity index (χ1n) is 6.06. The highest BCUT2D eigenvalue weighted by atomic mass is 35.5. The predicted octanol–water partition coefficient (Wildman–Crippen LogP) is 2.45. The van der Waals surface area contributed by atoms with Crippen LogP contribution in [-0.4, -0.2) is 30.6 Å². The number of benzene rings is 1. The molecule has 1 N–H and O–H groups in total. The van der Waals surface area contributed by atoms with Crippen molar-refractivity contribution in [2.75, 3.05) is 19.6 Å². The Labute approximate surface area is 102 Å². The van der Waals surface area contributed by atoms with Gasteiger partial charge in [0, 0.05) is 36.7 Å². The lowest BCUT2D eigenvalue weighted by atomic mass is 10.0. The highest BCUT2D eigenvalue weighted by Crippen LogP contribution is 2.30. The quantitative estimate of drug-likeness (QED) is 0.849. The molecular weight excluding hydrogens is 220 g/mol. The zero-order valence-electron chi connectivity index (χ0n) is 9.32. The monoisotopic (exact) mass is 236 g/mol. The fourth-order valence-electron chi connectivity index (χ4n) is 2.46. The van der Waals surface area contributed by atoms with Crippen molar-refractivity contribution in [1.82, 2.24) is 10.2 Å². The third kappa shape index (κ3) is 2.24. The van der Waals surface area contributed by atoms with E-state index >= 15 is 0 Å². The Bertz CT molecular complexity index is 359. The van der Waals surface area contributed by atoms with Gasteiger partial charge >= 0.3 is 0 Å². The second kappa shape index (κ2) is 4.36. The summed E-state index contributed by atoms with van der Waals surface area (Å²) in [4.78, 5) is 2.62. The van der Waals surface area contributed by atoms with Gasteiger partial charge in [0.2, 0.25) is 0 Å². The van der Waals surface area contributed by atoms with Crippen molar-refractivity contribution in [3.8, 4) is 0 Å². The summed E-state index contributed by atoms with van der Waals surface area (Å²) in [6.07, 6.45) is 2.79. The van der Waals surface area contributed by atoms with E-state index in [2.05, 4.69) is 22.3 Å². The van der Waals surface area contributed by atoms with E-state index in [0.717, 1.165) is 24.2 Å². The molecule has 86 valence electrons. The van der Waals surface area contributed by atoms with Gasteiger partial charge in [-0.3, -0.25) is 4.90 Å². The van der Waals surface area contributed by atoms with Crippen molar-refractivity contribution in [2.45, 2.75) is 24.9 Å². The molecule has 1 aromatic rings. The highest BCUT2D eigenvalue weighted by Gasteiger charge is 2.32. The normalized spacial score (nSPS) is 26.9. The summed E-state index contributed by atoms with van der Waals surface area (Å²) in [7, 11) is 0. The van der Waals surface area contributed by atoms with Crippen molar-refractivity contribution in [2.24, 2.45) is 0 Å². The van der Waals surface area contributed by atoms with E-state index in [0.29, 0.717) is 6.04 Å². The molecule has 1 aliphatic heterocycles. The lowest BCUT2D eigenvalue weighted by Gasteiger charge is -2.34. The molecule has 0 spiro atoms. The topological polar surface area (TPSA) is 15.3 Å². The van der Waals surface area contributed by atoms with Crippen LogP contribution in [0.4, 0.5) is 0 Å². The summed E-state index contributed by atoms with van der Waals surface area (Å²) in [5, 5.41) is 4.40. The smallest absolute Gasteiger partial charge is 0.0449 e. The van der Waals surface area contributed by atoms with E-state index in [1.807, 2.05) is 12.1 Å². The van der Waals surface area contributed by atoms with Crippen LogP contribution in [0.2, 0.25) is 5.02 Å². The second-order valence-electron chi connectivity index (χ2n) is 4.78. The minimum Gasteiger partial charge on any atom is -0.308 e. The molecule has 16 heavy (non-hydrogen) atoms. The number of nitrogens with zero attached hydrogens (tertiary/aromatic N) is 1. The van der Waals surface area contributed by atoms with Crippen LogP contribution in [-0.2, 0) is 0 Å². The van der Waals surface area contributed by atoms with E-state index < -0.39 is 0 Å². The first-order chi connectivity index (χ1) is 7.83. The number of piperazine rings is 1. The number of hydrogen-bond acceptors (Lipinski definition) is 2.